The van der Waals surface area contributed by atoms with Crippen molar-refractivity contribution < 1.29 is 0 Å². The Morgan fingerprint density at radius 2 is 1.34 bits per heavy atom. The van der Waals surface area contributed by atoms with E-state index in [-0.39, 0.29) is 5.41 Å². The maximum atomic E-state index is 4.87. The van der Waals surface area contributed by atoms with Crippen molar-refractivity contribution in [2.45, 2.75) is 75.7 Å². The maximum absolute atomic E-state index is 4.87. The zero-order valence-electron chi connectivity index (χ0n) is 21.2. The molecule has 0 heteroatoms. The van der Waals surface area contributed by atoms with Crippen molar-refractivity contribution in [3.63, 3.8) is 0 Å². The molecule has 0 aromatic heterocycles. The number of rotatable bonds is 3. The summed E-state index contributed by atoms with van der Waals surface area (Å²) in [5, 5.41) is 0. The standard InChI is InChI=1S/C29H50/c1-13-29-14-25(16(4)15(2)3)19(7)22(10)28(29)27-21(9)18(6)17(5)20(8)26(27)23(11)24(29)12/h13,15-21,23-28H,1,10,14H2,2-9,11-12H3. The van der Waals surface area contributed by atoms with Crippen LogP contribution >= 0.6 is 0 Å². The SMILES string of the molecule is C=CC12CC(C(C)C(C)C)C(C)C(=C)C1C1C(C)C(C)C(C)C(C)C1C(C)C2C. The highest BCUT2D eigenvalue weighted by Crippen LogP contribution is 2.69. The lowest BCUT2D eigenvalue weighted by Crippen LogP contribution is -2.62. The highest BCUT2D eigenvalue weighted by atomic mass is 14.7. The van der Waals surface area contributed by atoms with Gasteiger partial charge in [0, 0.05) is 0 Å². The molecule has 13 atom stereocenters. The van der Waals surface area contributed by atoms with Crippen molar-refractivity contribution in [2.75, 3.05) is 0 Å². The first-order valence-corrected chi connectivity index (χ1v) is 12.7. The summed E-state index contributed by atoms with van der Waals surface area (Å²) >= 11 is 0. The fourth-order valence-corrected chi connectivity index (χ4v) is 8.76. The molecule has 3 aliphatic rings. The second-order valence-corrected chi connectivity index (χ2v) is 12.4. The smallest absolute Gasteiger partial charge is 0.00215 e. The van der Waals surface area contributed by atoms with Crippen LogP contribution in [0.2, 0.25) is 0 Å². The predicted molar refractivity (Wildman–Crippen MR) is 128 cm³/mol. The van der Waals surface area contributed by atoms with Crippen molar-refractivity contribution in [1.29, 1.82) is 0 Å². The van der Waals surface area contributed by atoms with Crippen LogP contribution in [0.5, 0.6) is 0 Å². The lowest BCUT2D eigenvalue weighted by atomic mass is 9.37. The van der Waals surface area contributed by atoms with Gasteiger partial charge < -0.3 is 0 Å². The number of fused-ring (bicyclic) bond motifs is 3. The number of hydrogen-bond donors (Lipinski definition) is 0. The number of allylic oxidation sites excluding steroid dienone is 2. The molecule has 29 heavy (non-hydrogen) atoms. The van der Waals surface area contributed by atoms with E-state index in [4.69, 9.17) is 6.58 Å². The molecule has 3 saturated carbocycles. The van der Waals surface area contributed by atoms with E-state index in [9.17, 15) is 0 Å². The molecule has 166 valence electrons. The van der Waals surface area contributed by atoms with E-state index in [2.05, 4.69) is 81.9 Å². The Labute approximate surface area is 183 Å². The monoisotopic (exact) mass is 398 g/mol. The molecular formula is C29H50. The molecule has 0 aromatic carbocycles. The second-order valence-electron chi connectivity index (χ2n) is 12.4. The van der Waals surface area contributed by atoms with Crippen molar-refractivity contribution >= 4 is 0 Å². The minimum atomic E-state index is 0.228. The fourth-order valence-electron chi connectivity index (χ4n) is 8.76. The van der Waals surface area contributed by atoms with Gasteiger partial charge >= 0.3 is 0 Å². The van der Waals surface area contributed by atoms with Crippen molar-refractivity contribution in [2.24, 2.45) is 82.3 Å². The lowest BCUT2D eigenvalue weighted by molar-refractivity contribution is -0.153. The van der Waals surface area contributed by atoms with Gasteiger partial charge in [-0.05, 0) is 88.8 Å². The lowest BCUT2D eigenvalue weighted by Gasteiger charge is -2.67. The molecule has 0 N–H and O–H groups in total. The van der Waals surface area contributed by atoms with E-state index < -0.39 is 0 Å². The Morgan fingerprint density at radius 1 is 0.828 bits per heavy atom. The zero-order chi connectivity index (χ0) is 22.0. The van der Waals surface area contributed by atoms with Crippen LogP contribution in [0.15, 0.2) is 24.8 Å². The zero-order valence-corrected chi connectivity index (χ0v) is 21.2. The van der Waals surface area contributed by atoms with Gasteiger partial charge in [0.1, 0.15) is 0 Å². The molecule has 3 rings (SSSR count). The highest BCUT2D eigenvalue weighted by Gasteiger charge is 2.63. The summed E-state index contributed by atoms with van der Waals surface area (Å²) < 4.78 is 0. The molecule has 0 bridgehead atoms. The Balaban J connectivity index is 2.13. The Bertz CT molecular complexity index is 628. The summed E-state index contributed by atoms with van der Waals surface area (Å²) in [5.74, 6) is 9.69. The van der Waals surface area contributed by atoms with Crippen molar-refractivity contribution in [3.05, 3.63) is 24.8 Å². The molecule has 0 radical (unpaired) electrons. The Kier molecular flexibility index (Phi) is 6.28. The van der Waals surface area contributed by atoms with Crippen molar-refractivity contribution in [1.82, 2.24) is 0 Å². The van der Waals surface area contributed by atoms with Gasteiger partial charge in [0.05, 0.1) is 0 Å². The van der Waals surface area contributed by atoms with E-state index >= 15 is 0 Å². The molecule has 3 fully saturated rings. The van der Waals surface area contributed by atoms with Crippen LogP contribution in [-0.2, 0) is 0 Å². The van der Waals surface area contributed by atoms with Crippen LogP contribution in [0.1, 0.15) is 75.7 Å². The van der Waals surface area contributed by atoms with Crippen LogP contribution in [0.4, 0.5) is 0 Å². The fraction of sp³-hybridized carbons (Fsp3) is 0.862. The van der Waals surface area contributed by atoms with Gasteiger partial charge in [-0.2, -0.15) is 0 Å². The minimum absolute atomic E-state index is 0.228. The topological polar surface area (TPSA) is 0 Å². The normalized spacial score (nSPS) is 53.9. The summed E-state index contributed by atoms with van der Waals surface area (Å²) in [6.45, 7) is 34.5. The first kappa shape index (κ1) is 23.1. The molecular weight excluding hydrogens is 348 g/mol. The first-order chi connectivity index (χ1) is 13.4. The van der Waals surface area contributed by atoms with Gasteiger partial charge in [-0.15, -0.1) is 6.58 Å². The average molecular weight is 399 g/mol. The third-order valence-electron chi connectivity index (χ3n) is 11.7. The quantitative estimate of drug-likeness (QED) is 0.419. The third kappa shape index (κ3) is 3.13. The summed E-state index contributed by atoms with van der Waals surface area (Å²) in [4.78, 5) is 0. The van der Waals surface area contributed by atoms with Gasteiger partial charge in [-0.1, -0.05) is 87.5 Å². The van der Waals surface area contributed by atoms with Crippen LogP contribution in [-0.4, -0.2) is 0 Å². The van der Waals surface area contributed by atoms with Crippen LogP contribution in [0.25, 0.3) is 0 Å². The van der Waals surface area contributed by atoms with E-state index in [1.54, 1.807) is 5.57 Å². The molecule has 0 heterocycles. The minimum Gasteiger partial charge on any atom is -0.102 e. The predicted octanol–water partition coefficient (Wildman–Crippen LogP) is 8.36. The summed E-state index contributed by atoms with van der Waals surface area (Å²) in [6.07, 6.45) is 3.74. The Hall–Kier alpha value is -0.520. The summed E-state index contributed by atoms with van der Waals surface area (Å²) in [5.41, 5.74) is 1.80. The van der Waals surface area contributed by atoms with Gasteiger partial charge in [0.25, 0.3) is 0 Å². The van der Waals surface area contributed by atoms with E-state index in [0.29, 0.717) is 17.8 Å². The highest BCUT2D eigenvalue weighted by molar-refractivity contribution is 5.27. The van der Waals surface area contributed by atoms with Crippen molar-refractivity contribution in [3.8, 4) is 0 Å². The van der Waals surface area contributed by atoms with E-state index in [1.807, 2.05) is 0 Å². The molecule has 13 unspecified atom stereocenters. The van der Waals surface area contributed by atoms with Gasteiger partial charge in [0.2, 0.25) is 0 Å². The van der Waals surface area contributed by atoms with Crippen LogP contribution in [0, 0.1) is 82.3 Å². The summed E-state index contributed by atoms with van der Waals surface area (Å²) in [6, 6.07) is 0. The molecule has 0 aromatic rings. The molecule has 0 aliphatic heterocycles. The van der Waals surface area contributed by atoms with Gasteiger partial charge in [-0.3, -0.25) is 0 Å². The van der Waals surface area contributed by atoms with Gasteiger partial charge in [-0.25, -0.2) is 0 Å². The maximum Gasteiger partial charge on any atom is -0.00215 e. The molecule has 0 amide bonds. The number of hydrogen-bond acceptors (Lipinski definition) is 0. The largest absolute Gasteiger partial charge is 0.102 e. The average Bonchev–Trinajstić information content (AvgIpc) is 2.69. The van der Waals surface area contributed by atoms with Gasteiger partial charge in [0.15, 0.2) is 0 Å². The van der Waals surface area contributed by atoms with Crippen LogP contribution in [0.3, 0.4) is 0 Å². The third-order valence-corrected chi connectivity index (χ3v) is 11.7. The van der Waals surface area contributed by atoms with Crippen LogP contribution < -0.4 is 0 Å². The molecule has 0 saturated heterocycles. The first-order valence-electron chi connectivity index (χ1n) is 12.7. The van der Waals surface area contributed by atoms with E-state index in [1.165, 1.54) is 6.42 Å². The Morgan fingerprint density at radius 3 is 1.83 bits per heavy atom. The molecule has 0 nitrogen and oxygen atoms in total. The molecule has 3 aliphatic carbocycles. The van der Waals surface area contributed by atoms with E-state index in [0.717, 1.165) is 59.2 Å². The second kappa shape index (κ2) is 7.87. The molecule has 0 spiro atoms. The summed E-state index contributed by atoms with van der Waals surface area (Å²) in [7, 11) is 0.